The Hall–Kier alpha value is -1.64. The molecule has 1 atom stereocenters. The summed E-state index contributed by atoms with van der Waals surface area (Å²) in [7, 11) is 1.75. The van der Waals surface area contributed by atoms with Gasteiger partial charge in [-0.1, -0.05) is 61.9 Å². The van der Waals surface area contributed by atoms with Crippen LogP contribution in [0.25, 0.3) is 0 Å². The largest absolute Gasteiger partial charge is 0.336 e. The van der Waals surface area contributed by atoms with Crippen molar-refractivity contribution in [2.24, 2.45) is 5.92 Å². The van der Waals surface area contributed by atoms with Crippen LogP contribution in [-0.2, 0) is 4.79 Å². The van der Waals surface area contributed by atoms with E-state index >= 15 is 0 Å². The minimum Gasteiger partial charge on any atom is -0.336 e. The van der Waals surface area contributed by atoms with Crippen LogP contribution in [0.5, 0.6) is 0 Å². The molecule has 2 rings (SSSR count). The predicted molar refractivity (Wildman–Crippen MR) is 93.6 cm³/mol. The molecule has 0 bridgehead atoms. The molecule has 0 spiro atoms. The Balaban J connectivity index is 1.87. The number of hydrogen-bond acceptors (Lipinski definition) is 2. The first-order chi connectivity index (χ1) is 11.0. The summed E-state index contributed by atoms with van der Waals surface area (Å²) in [5.74, 6) is 0.797. The maximum atomic E-state index is 12.5. The molecule has 0 heterocycles. The van der Waals surface area contributed by atoms with Crippen LogP contribution in [0.3, 0.4) is 0 Å². The van der Waals surface area contributed by atoms with Crippen LogP contribution < -0.4 is 0 Å². The van der Waals surface area contributed by atoms with E-state index in [1.807, 2.05) is 38.1 Å². The highest BCUT2D eigenvalue weighted by molar-refractivity contribution is 6.01. The molecule has 1 aliphatic rings. The Kier molecular flexibility index (Phi) is 6.37. The van der Waals surface area contributed by atoms with E-state index in [1.54, 1.807) is 11.9 Å². The SMILES string of the molecule is Cc1ccc(C(=O)C(C)N(C)C(=O)CCC2CCCCC2)cc1. The highest BCUT2D eigenvalue weighted by Gasteiger charge is 2.24. The Labute approximate surface area is 140 Å². The monoisotopic (exact) mass is 315 g/mol. The molecule has 3 heteroatoms. The smallest absolute Gasteiger partial charge is 0.222 e. The van der Waals surface area contributed by atoms with Gasteiger partial charge < -0.3 is 4.90 Å². The number of carbonyl (C=O) groups excluding carboxylic acids is 2. The van der Waals surface area contributed by atoms with Crippen molar-refractivity contribution in [3.8, 4) is 0 Å². The molecule has 1 aromatic carbocycles. The highest BCUT2D eigenvalue weighted by atomic mass is 16.2. The molecule has 0 aliphatic heterocycles. The van der Waals surface area contributed by atoms with Crippen LogP contribution in [0.15, 0.2) is 24.3 Å². The van der Waals surface area contributed by atoms with Gasteiger partial charge in [0.2, 0.25) is 5.91 Å². The molecule has 1 aromatic rings. The molecule has 3 nitrogen and oxygen atoms in total. The first-order valence-corrected chi connectivity index (χ1v) is 8.85. The zero-order chi connectivity index (χ0) is 16.8. The lowest BCUT2D eigenvalue weighted by Crippen LogP contribution is -2.40. The summed E-state index contributed by atoms with van der Waals surface area (Å²) in [5.41, 5.74) is 1.81. The van der Waals surface area contributed by atoms with Gasteiger partial charge in [-0.15, -0.1) is 0 Å². The third kappa shape index (κ3) is 4.92. The van der Waals surface area contributed by atoms with Crippen molar-refractivity contribution in [3.63, 3.8) is 0 Å². The van der Waals surface area contributed by atoms with Crippen molar-refractivity contribution in [2.45, 2.75) is 64.8 Å². The number of amides is 1. The molecule has 126 valence electrons. The van der Waals surface area contributed by atoms with Crippen LogP contribution in [0.4, 0.5) is 0 Å². The number of hydrogen-bond donors (Lipinski definition) is 0. The molecular weight excluding hydrogens is 286 g/mol. The van der Waals surface area contributed by atoms with E-state index in [0.717, 1.165) is 12.0 Å². The topological polar surface area (TPSA) is 37.4 Å². The van der Waals surface area contributed by atoms with Crippen molar-refractivity contribution in [1.82, 2.24) is 4.90 Å². The summed E-state index contributed by atoms with van der Waals surface area (Å²) in [5, 5.41) is 0. The molecule has 0 radical (unpaired) electrons. The number of carbonyl (C=O) groups is 2. The second kappa shape index (κ2) is 8.28. The van der Waals surface area contributed by atoms with E-state index in [2.05, 4.69) is 0 Å². The van der Waals surface area contributed by atoms with Gasteiger partial charge in [-0.25, -0.2) is 0 Å². The second-order valence-corrected chi connectivity index (χ2v) is 6.95. The number of likely N-dealkylation sites (N-methyl/N-ethyl adjacent to an activating group) is 1. The van der Waals surface area contributed by atoms with Gasteiger partial charge in [-0.2, -0.15) is 0 Å². The summed E-state index contributed by atoms with van der Waals surface area (Å²) in [6.45, 7) is 3.82. The summed E-state index contributed by atoms with van der Waals surface area (Å²) in [4.78, 5) is 26.5. The fourth-order valence-corrected chi connectivity index (χ4v) is 3.33. The molecule has 1 unspecified atom stereocenters. The minimum absolute atomic E-state index is 0.0125. The molecule has 0 saturated heterocycles. The average molecular weight is 315 g/mol. The maximum Gasteiger partial charge on any atom is 0.222 e. The Morgan fingerprint density at radius 2 is 1.74 bits per heavy atom. The Bertz CT molecular complexity index is 529. The molecular formula is C20H29NO2. The first-order valence-electron chi connectivity index (χ1n) is 8.85. The van der Waals surface area contributed by atoms with Gasteiger partial charge in [0.05, 0.1) is 6.04 Å². The van der Waals surface area contributed by atoms with E-state index in [1.165, 1.54) is 32.1 Å². The zero-order valence-electron chi connectivity index (χ0n) is 14.7. The quantitative estimate of drug-likeness (QED) is 0.730. The number of Topliss-reactive ketones (excluding diaryl/α,β-unsaturated/α-hetero) is 1. The lowest BCUT2D eigenvalue weighted by molar-refractivity contribution is -0.131. The Morgan fingerprint density at radius 3 is 2.35 bits per heavy atom. The van der Waals surface area contributed by atoms with Gasteiger partial charge in [0.25, 0.3) is 0 Å². The summed E-state index contributed by atoms with van der Waals surface area (Å²) >= 11 is 0. The molecule has 0 N–H and O–H groups in total. The fourth-order valence-electron chi connectivity index (χ4n) is 3.33. The second-order valence-electron chi connectivity index (χ2n) is 6.95. The van der Waals surface area contributed by atoms with E-state index in [0.29, 0.717) is 17.9 Å². The molecule has 23 heavy (non-hydrogen) atoms. The molecule has 1 saturated carbocycles. The van der Waals surface area contributed by atoms with Crippen molar-refractivity contribution in [1.29, 1.82) is 0 Å². The summed E-state index contributed by atoms with van der Waals surface area (Å²) in [6, 6.07) is 7.15. The van der Waals surface area contributed by atoms with Crippen molar-refractivity contribution < 1.29 is 9.59 Å². The van der Waals surface area contributed by atoms with Crippen LogP contribution in [0, 0.1) is 12.8 Å². The van der Waals surface area contributed by atoms with Crippen molar-refractivity contribution in [3.05, 3.63) is 35.4 Å². The molecule has 1 amide bonds. The normalized spacial score (nSPS) is 16.8. The first kappa shape index (κ1) is 17.7. The van der Waals surface area contributed by atoms with Gasteiger partial charge in [-0.05, 0) is 26.2 Å². The Morgan fingerprint density at radius 1 is 1.13 bits per heavy atom. The highest BCUT2D eigenvalue weighted by Crippen LogP contribution is 2.27. The summed E-state index contributed by atoms with van der Waals surface area (Å²) in [6.07, 6.45) is 7.99. The summed E-state index contributed by atoms with van der Waals surface area (Å²) < 4.78 is 0. The van der Waals surface area contributed by atoms with Crippen molar-refractivity contribution in [2.75, 3.05) is 7.05 Å². The van der Waals surface area contributed by atoms with Crippen LogP contribution in [0.2, 0.25) is 0 Å². The molecule has 0 aromatic heterocycles. The average Bonchev–Trinajstić information content (AvgIpc) is 2.59. The molecule has 1 fully saturated rings. The van der Waals surface area contributed by atoms with Crippen molar-refractivity contribution >= 4 is 11.7 Å². The number of ketones is 1. The fraction of sp³-hybridized carbons (Fsp3) is 0.600. The van der Waals surface area contributed by atoms with Crippen LogP contribution in [-0.4, -0.2) is 29.7 Å². The lowest BCUT2D eigenvalue weighted by Gasteiger charge is -2.26. The van der Waals surface area contributed by atoms with Gasteiger partial charge in [0.1, 0.15) is 0 Å². The third-order valence-corrected chi connectivity index (χ3v) is 5.18. The standard InChI is InChI=1S/C20H29NO2/c1-15-9-12-18(13-10-15)20(23)16(2)21(3)19(22)14-11-17-7-5-4-6-8-17/h9-10,12-13,16-17H,4-8,11,14H2,1-3H3. The van der Waals surface area contributed by atoms with Gasteiger partial charge in [0, 0.05) is 19.0 Å². The van der Waals surface area contributed by atoms with E-state index in [9.17, 15) is 9.59 Å². The van der Waals surface area contributed by atoms with Gasteiger partial charge in [0.15, 0.2) is 5.78 Å². The van der Waals surface area contributed by atoms with E-state index in [4.69, 9.17) is 0 Å². The third-order valence-electron chi connectivity index (χ3n) is 5.18. The lowest BCUT2D eigenvalue weighted by atomic mass is 9.86. The number of rotatable bonds is 6. The van der Waals surface area contributed by atoms with Crippen LogP contribution >= 0.6 is 0 Å². The number of nitrogens with zero attached hydrogens (tertiary/aromatic N) is 1. The maximum absolute atomic E-state index is 12.5. The van der Waals surface area contributed by atoms with Crippen LogP contribution in [0.1, 0.15) is 67.8 Å². The van der Waals surface area contributed by atoms with Gasteiger partial charge in [-0.3, -0.25) is 9.59 Å². The zero-order valence-corrected chi connectivity index (χ0v) is 14.7. The minimum atomic E-state index is -0.406. The van der Waals surface area contributed by atoms with E-state index in [-0.39, 0.29) is 11.7 Å². The van der Waals surface area contributed by atoms with Gasteiger partial charge >= 0.3 is 0 Å². The predicted octanol–water partition coefficient (Wildman–Crippen LogP) is 4.39. The van der Waals surface area contributed by atoms with E-state index < -0.39 is 6.04 Å². The molecule has 1 aliphatic carbocycles. The number of aryl methyl sites for hydroxylation is 1. The number of benzene rings is 1.